The van der Waals surface area contributed by atoms with Gasteiger partial charge in [-0.25, -0.2) is 9.38 Å². The first-order valence-electron chi connectivity index (χ1n) is 9.07. The van der Waals surface area contributed by atoms with E-state index >= 15 is 0 Å². The molecule has 0 aliphatic heterocycles. The van der Waals surface area contributed by atoms with E-state index in [-0.39, 0.29) is 35.2 Å². The van der Waals surface area contributed by atoms with Gasteiger partial charge in [-0.15, -0.1) is 34.2 Å². The van der Waals surface area contributed by atoms with Crippen molar-refractivity contribution in [1.82, 2.24) is 25.2 Å². The molecule has 2 N–H and O–H groups in total. The maximum atomic E-state index is 14.1. The Morgan fingerprint density at radius 3 is 2.61 bits per heavy atom. The smallest absolute Gasteiger partial charge is 0.191 e. The lowest BCUT2D eigenvalue weighted by Crippen LogP contribution is -2.43. The average molecular weight is 496 g/mol. The van der Waals surface area contributed by atoms with Crippen LogP contribution in [0.15, 0.2) is 53.7 Å². The number of fused-ring (bicyclic) bond motifs is 1. The molecule has 0 saturated carbocycles. The number of benzene rings is 1. The Hall–Kier alpha value is -2.23. The minimum absolute atomic E-state index is 0. The summed E-state index contributed by atoms with van der Waals surface area (Å²) in [6.45, 7) is 7.68. The fraction of sp³-hybridized carbons (Fsp3) is 0.350. The summed E-state index contributed by atoms with van der Waals surface area (Å²) in [6.07, 6.45) is 1.92. The third-order valence-corrected chi connectivity index (χ3v) is 4.41. The topological polar surface area (TPSA) is 66.6 Å². The number of hydrogen-bond acceptors (Lipinski definition) is 3. The number of aliphatic imine (C=N–C) groups is 1. The van der Waals surface area contributed by atoms with Gasteiger partial charge in [-0.3, -0.25) is 4.40 Å². The Morgan fingerprint density at radius 2 is 1.86 bits per heavy atom. The van der Waals surface area contributed by atoms with Gasteiger partial charge < -0.3 is 10.6 Å². The Morgan fingerprint density at radius 1 is 1.11 bits per heavy atom. The minimum Gasteiger partial charge on any atom is -0.357 e. The van der Waals surface area contributed by atoms with Gasteiger partial charge in [0.15, 0.2) is 17.4 Å². The van der Waals surface area contributed by atoms with Crippen molar-refractivity contribution in [1.29, 1.82) is 0 Å². The number of nitrogens with zero attached hydrogens (tertiary/aromatic N) is 4. The molecule has 0 radical (unpaired) electrons. The third kappa shape index (κ3) is 5.18. The highest BCUT2D eigenvalue weighted by Crippen LogP contribution is 2.24. The molecular formula is C20H26FIN6. The summed E-state index contributed by atoms with van der Waals surface area (Å²) in [4.78, 5) is 4.60. The van der Waals surface area contributed by atoms with E-state index in [9.17, 15) is 4.39 Å². The van der Waals surface area contributed by atoms with E-state index in [0.29, 0.717) is 24.6 Å². The molecule has 0 aliphatic carbocycles. The highest BCUT2D eigenvalue weighted by Gasteiger charge is 2.24. The summed E-state index contributed by atoms with van der Waals surface area (Å²) < 4.78 is 16.1. The molecule has 0 unspecified atom stereocenters. The van der Waals surface area contributed by atoms with Crippen LogP contribution in [0.2, 0.25) is 0 Å². The van der Waals surface area contributed by atoms with E-state index in [1.54, 1.807) is 6.07 Å². The van der Waals surface area contributed by atoms with Crippen molar-refractivity contribution in [2.24, 2.45) is 4.99 Å². The zero-order valence-corrected chi connectivity index (χ0v) is 18.6. The lowest BCUT2D eigenvalue weighted by Gasteiger charge is -2.27. The molecule has 8 heteroatoms. The predicted molar refractivity (Wildman–Crippen MR) is 121 cm³/mol. The second-order valence-corrected chi connectivity index (χ2v) is 6.96. The van der Waals surface area contributed by atoms with Crippen LogP contribution in [0, 0.1) is 5.82 Å². The fourth-order valence-electron chi connectivity index (χ4n) is 2.90. The Bertz CT molecular complexity index is 937. The lowest BCUT2D eigenvalue weighted by atomic mass is 9.84. The summed E-state index contributed by atoms with van der Waals surface area (Å²) in [5, 5.41) is 14.9. The first kappa shape index (κ1) is 22.1. The van der Waals surface area contributed by atoms with Crippen molar-refractivity contribution >= 4 is 35.6 Å². The number of pyridine rings is 1. The first-order valence-corrected chi connectivity index (χ1v) is 9.07. The van der Waals surface area contributed by atoms with Crippen molar-refractivity contribution in [3.05, 3.63) is 65.9 Å². The normalized spacial score (nSPS) is 11.9. The van der Waals surface area contributed by atoms with E-state index in [2.05, 4.69) is 25.8 Å². The molecular weight excluding hydrogens is 470 g/mol. The molecule has 6 nitrogen and oxygen atoms in total. The Labute approximate surface area is 181 Å². The Kier molecular flexibility index (Phi) is 7.73. The molecule has 0 saturated heterocycles. The van der Waals surface area contributed by atoms with Gasteiger partial charge in [0.05, 0.1) is 0 Å². The number of aromatic nitrogens is 3. The molecule has 0 fully saturated rings. The standard InChI is InChI=1S/C20H25FN6.HI/c1-4-22-19(23-13-18-26-25-17-11-7-8-12-27(17)18)24-14-20(2,3)15-9-5-6-10-16(15)21;/h5-12H,4,13-14H2,1-3H3,(H2,22,23,24);1H. The SMILES string of the molecule is CCNC(=NCc1nnc2ccccn12)NCC(C)(C)c1ccccc1F.I. The largest absolute Gasteiger partial charge is 0.357 e. The monoisotopic (exact) mass is 496 g/mol. The number of nitrogens with one attached hydrogen (secondary N) is 2. The molecule has 0 aliphatic rings. The third-order valence-electron chi connectivity index (χ3n) is 4.41. The molecule has 2 aromatic heterocycles. The second-order valence-electron chi connectivity index (χ2n) is 6.96. The van der Waals surface area contributed by atoms with E-state index < -0.39 is 0 Å². The summed E-state index contributed by atoms with van der Waals surface area (Å²) in [5.74, 6) is 1.23. The van der Waals surface area contributed by atoms with Crippen LogP contribution in [-0.4, -0.2) is 33.6 Å². The number of hydrogen-bond donors (Lipinski definition) is 2. The van der Waals surface area contributed by atoms with Crippen molar-refractivity contribution in [3.8, 4) is 0 Å². The average Bonchev–Trinajstić information content (AvgIpc) is 3.07. The van der Waals surface area contributed by atoms with Crippen LogP contribution >= 0.6 is 24.0 Å². The molecule has 2 heterocycles. The summed E-state index contributed by atoms with van der Waals surface area (Å²) in [7, 11) is 0. The van der Waals surface area contributed by atoms with Crippen molar-refractivity contribution in [2.45, 2.75) is 32.7 Å². The van der Waals surface area contributed by atoms with Crippen LogP contribution in [0.5, 0.6) is 0 Å². The first-order chi connectivity index (χ1) is 13.0. The van der Waals surface area contributed by atoms with Gasteiger partial charge in [0.25, 0.3) is 0 Å². The van der Waals surface area contributed by atoms with Crippen LogP contribution in [0.4, 0.5) is 4.39 Å². The number of guanidine groups is 1. The van der Waals surface area contributed by atoms with Crippen molar-refractivity contribution < 1.29 is 4.39 Å². The zero-order chi connectivity index (χ0) is 19.3. The second kappa shape index (κ2) is 9.81. The van der Waals surface area contributed by atoms with Crippen LogP contribution < -0.4 is 10.6 Å². The van der Waals surface area contributed by atoms with Gasteiger partial charge in [-0.05, 0) is 30.7 Å². The maximum absolute atomic E-state index is 14.1. The molecule has 0 bridgehead atoms. The molecule has 28 heavy (non-hydrogen) atoms. The van der Waals surface area contributed by atoms with Gasteiger partial charge >= 0.3 is 0 Å². The fourth-order valence-corrected chi connectivity index (χ4v) is 2.90. The molecule has 150 valence electrons. The van der Waals surface area contributed by atoms with Crippen LogP contribution in [0.1, 0.15) is 32.2 Å². The summed E-state index contributed by atoms with van der Waals surface area (Å²) in [6, 6.07) is 12.6. The van der Waals surface area contributed by atoms with Gasteiger partial charge in [-0.1, -0.05) is 38.1 Å². The maximum Gasteiger partial charge on any atom is 0.191 e. The highest BCUT2D eigenvalue weighted by molar-refractivity contribution is 14.0. The van der Waals surface area contributed by atoms with Gasteiger partial charge in [0.1, 0.15) is 12.4 Å². The van der Waals surface area contributed by atoms with Gasteiger partial charge in [0.2, 0.25) is 0 Å². The van der Waals surface area contributed by atoms with Gasteiger partial charge in [0, 0.05) is 24.7 Å². The molecule has 0 spiro atoms. The number of rotatable bonds is 6. The highest BCUT2D eigenvalue weighted by atomic mass is 127. The Balaban J connectivity index is 0.00000280. The van der Waals surface area contributed by atoms with Crippen LogP contribution in [-0.2, 0) is 12.0 Å². The quantitative estimate of drug-likeness (QED) is 0.312. The molecule has 0 atom stereocenters. The molecule has 1 aromatic carbocycles. The predicted octanol–water partition coefficient (Wildman–Crippen LogP) is 3.52. The van der Waals surface area contributed by atoms with Crippen LogP contribution in [0.25, 0.3) is 5.65 Å². The van der Waals surface area contributed by atoms with E-state index in [0.717, 1.165) is 18.0 Å². The van der Waals surface area contributed by atoms with Gasteiger partial charge in [-0.2, -0.15) is 0 Å². The van der Waals surface area contributed by atoms with E-state index in [4.69, 9.17) is 0 Å². The summed E-state index contributed by atoms with van der Waals surface area (Å²) in [5.41, 5.74) is 1.08. The molecule has 3 aromatic rings. The minimum atomic E-state index is -0.386. The zero-order valence-electron chi connectivity index (χ0n) is 16.3. The van der Waals surface area contributed by atoms with E-state index in [1.807, 2.05) is 61.7 Å². The molecule has 3 rings (SSSR count). The number of halogens is 2. The van der Waals surface area contributed by atoms with Crippen molar-refractivity contribution in [2.75, 3.05) is 13.1 Å². The summed E-state index contributed by atoms with van der Waals surface area (Å²) >= 11 is 0. The van der Waals surface area contributed by atoms with E-state index in [1.165, 1.54) is 6.07 Å². The lowest BCUT2D eigenvalue weighted by molar-refractivity contribution is 0.473. The molecule has 0 amide bonds. The van der Waals surface area contributed by atoms with Crippen molar-refractivity contribution in [3.63, 3.8) is 0 Å². The van der Waals surface area contributed by atoms with Crippen LogP contribution in [0.3, 0.4) is 0 Å².